The van der Waals surface area contributed by atoms with Crippen LogP contribution in [0.25, 0.3) is 32.4 Å². The summed E-state index contributed by atoms with van der Waals surface area (Å²) in [6.45, 7) is 0.259. The summed E-state index contributed by atoms with van der Waals surface area (Å²) in [5.74, 6) is 3.21. The van der Waals surface area contributed by atoms with Gasteiger partial charge < -0.3 is 31.4 Å². The molecule has 0 radical (unpaired) electrons. The van der Waals surface area contributed by atoms with Gasteiger partial charge in [0.15, 0.2) is 17.7 Å². The fourth-order valence-electron chi connectivity index (χ4n) is 3.81. The van der Waals surface area contributed by atoms with Crippen molar-refractivity contribution in [2.45, 2.75) is 0 Å². The van der Waals surface area contributed by atoms with Crippen molar-refractivity contribution in [2.75, 3.05) is 21.0 Å². The van der Waals surface area contributed by atoms with Gasteiger partial charge in [0.25, 0.3) is 0 Å². The number of rotatable bonds is 2. The fourth-order valence-corrected chi connectivity index (χ4v) is 3.81. The topological polar surface area (TPSA) is 40.8 Å². The zero-order chi connectivity index (χ0) is 17.8. The van der Waals surface area contributed by atoms with Crippen molar-refractivity contribution in [3.05, 3.63) is 42.6 Å². The van der Waals surface area contributed by atoms with E-state index < -0.39 is 0 Å². The maximum absolute atomic E-state index is 5.76. The Bertz CT molecular complexity index is 1210. The summed E-state index contributed by atoms with van der Waals surface area (Å²) in [6, 6.07) is 12.2. The average molecular weight is 384 g/mol. The third kappa shape index (κ3) is 2.50. The number of aromatic nitrogens is 1. The highest BCUT2D eigenvalue weighted by atomic mass is 35.5. The van der Waals surface area contributed by atoms with Gasteiger partial charge in [-0.1, -0.05) is 0 Å². The predicted octanol–water partition coefficient (Wildman–Crippen LogP) is 0.721. The lowest BCUT2D eigenvalue weighted by molar-refractivity contribution is -0.642. The molecule has 2 heterocycles. The number of ether oxygens (including phenoxy) is 4. The summed E-state index contributed by atoms with van der Waals surface area (Å²) < 4.78 is 24.4. The van der Waals surface area contributed by atoms with Crippen molar-refractivity contribution in [3.8, 4) is 23.0 Å². The standard InChI is InChI=1S/C21H18NO4.ClH/c1-22-10-13-6-14(23-2)4-5-15(13)20-19(24-3)8-12-7-17-18(26-11-25-17)9-16(12)21(20)22;/h4-10H,11H2,1-3H3;1H/q+1;/p-1. The number of pyridine rings is 1. The number of benzene rings is 3. The predicted molar refractivity (Wildman–Crippen MR) is 99.4 cm³/mol. The van der Waals surface area contributed by atoms with E-state index in [1.807, 2.05) is 25.2 Å². The van der Waals surface area contributed by atoms with E-state index in [9.17, 15) is 0 Å². The van der Waals surface area contributed by atoms with Gasteiger partial charge in [-0.3, -0.25) is 0 Å². The van der Waals surface area contributed by atoms with Gasteiger partial charge in [0.1, 0.15) is 18.5 Å². The third-order valence-corrected chi connectivity index (χ3v) is 5.00. The fraction of sp³-hybridized carbons (Fsp3) is 0.190. The normalized spacial score (nSPS) is 12.4. The van der Waals surface area contributed by atoms with Crippen LogP contribution < -0.4 is 35.9 Å². The molecule has 4 aromatic rings. The van der Waals surface area contributed by atoms with Crippen LogP contribution in [0.4, 0.5) is 0 Å². The lowest BCUT2D eigenvalue weighted by Gasteiger charge is -2.12. The lowest BCUT2D eigenvalue weighted by Crippen LogP contribution is -3.00. The minimum atomic E-state index is 0. The first-order valence-electron chi connectivity index (χ1n) is 8.40. The highest BCUT2D eigenvalue weighted by Gasteiger charge is 2.23. The maximum atomic E-state index is 5.76. The molecule has 1 aliphatic heterocycles. The summed E-state index contributed by atoms with van der Waals surface area (Å²) in [5.41, 5.74) is 1.09. The Labute approximate surface area is 162 Å². The van der Waals surface area contributed by atoms with E-state index in [0.29, 0.717) is 0 Å². The molecule has 1 aromatic heterocycles. The van der Waals surface area contributed by atoms with Crippen LogP contribution in [0.5, 0.6) is 23.0 Å². The van der Waals surface area contributed by atoms with E-state index in [2.05, 4.69) is 29.0 Å². The van der Waals surface area contributed by atoms with Crippen LogP contribution >= 0.6 is 0 Å². The molecular formula is C21H18ClNO4. The molecule has 0 saturated carbocycles. The molecule has 0 saturated heterocycles. The van der Waals surface area contributed by atoms with E-state index in [1.54, 1.807) is 14.2 Å². The molecule has 5 nitrogen and oxygen atoms in total. The molecule has 27 heavy (non-hydrogen) atoms. The minimum Gasteiger partial charge on any atom is -1.00 e. The Morgan fingerprint density at radius 1 is 0.889 bits per heavy atom. The van der Waals surface area contributed by atoms with E-state index >= 15 is 0 Å². The smallest absolute Gasteiger partial charge is 0.231 e. The van der Waals surface area contributed by atoms with Crippen LogP contribution in [0, 0.1) is 0 Å². The first-order valence-corrected chi connectivity index (χ1v) is 8.40. The molecule has 3 aromatic carbocycles. The van der Waals surface area contributed by atoms with Gasteiger partial charge in [-0.2, -0.15) is 4.57 Å². The molecule has 0 spiro atoms. The molecule has 0 unspecified atom stereocenters. The van der Waals surface area contributed by atoms with Gasteiger partial charge in [-0.05, 0) is 41.8 Å². The van der Waals surface area contributed by atoms with Gasteiger partial charge in [0.05, 0.1) is 30.4 Å². The zero-order valence-corrected chi connectivity index (χ0v) is 16.0. The maximum Gasteiger partial charge on any atom is 0.231 e. The van der Waals surface area contributed by atoms with Crippen LogP contribution in [0.3, 0.4) is 0 Å². The van der Waals surface area contributed by atoms with Crippen LogP contribution in [-0.4, -0.2) is 21.0 Å². The highest BCUT2D eigenvalue weighted by molar-refractivity contribution is 6.17. The number of methoxy groups -OCH3 is 2. The summed E-state index contributed by atoms with van der Waals surface area (Å²) in [5, 5.41) is 5.45. The van der Waals surface area contributed by atoms with Crippen LogP contribution in [0.2, 0.25) is 0 Å². The quantitative estimate of drug-likeness (QED) is 0.378. The number of aryl methyl sites for hydroxylation is 1. The van der Waals surface area contributed by atoms with Gasteiger partial charge in [-0.15, -0.1) is 0 Å². The van der Waals surface area contributed by atoms with Crippen molar-refractivity contribution in [1.82, 2.24) is 0 Å². The lowest BCUT2D eigenvalue weighted by atomic mass is 9.99. The second-order valence-corrected chi connectivity index (χ2v) is 6.42. The Morgan fingerprint density at radius 2 is 1.67 bits per heavy atom. The molecule has 0 aliphatic carbocycles. The number of fused-ring (bicyclic) bond motifs is 6. The molecule has 0 bridgehead atoms. The average Bonchev–Trinajstić information content (AvgIpc) is 3.12. The number of halogens is 1. The molecule has 0 fully saturated rings. The monoisotopic (exact) mass is 383 g/mol. The Hall–Kier alpha value is -2.92. The van der Waals surface area contributed by atoms with E-state index in [0.717, 1.165) is 55.4 Å². The van der Waals surface area contributed by atoms with Gasteiger partial charge in [0.2, 0.25) is 12.3 Å². The minimum absolute atomic E-state index is 0. The molecule has 1 aliphatic rings. The molecule has 0 amide bonds. The largest absolute Gasteiger partial charge is 1.00 e. The molecule has 6 heteroatoms. The van der Waals surface area contributed by atoms with Crippen LogP contribution in [0.15, 0.2) is 42.6 Å². The molecule has 5 rings (SSSR count). The second kappa shape index (κ2) is 6.35. The van der Waals surface area contributed by atoms with Crippen molar-refractivity contribution in [1.29, 1.82) is 0 Å². The second-order valence-electron chi connectivity index (χ2n) is 6.42. The SMILES string of the molecule is COc1ccc2c(c1)c[n+](C)c1c3cc4c(cc3cc(OC)c21)OCO4.[Cl-]. The number of nitrogens with zero attached hydrogens (tertiary/aromatic N) is 1. The van der Waals surface area contributed by atoms with Crippen molar-refractivity contribution < 1.29 is 35.9 Å². The first-order chi connectivity index (χ1) is 12.7. The number of hydrogen-bond donors (Lipinski definition) is 0. The Balaban J connectivity index is 0.00000180. The Kier molecular flexibility index (Phi) is 4.12. The summed E-state index contributed by atoms with van der Waals surface area (Å²) in [4.78, 5) is 0. The number of hydrogen-bond acceptors (Lipinski definition) is 4. The molecule has 0 N–H and O–H groups in total. The molecular weight excluding hydrogens is 366 g/mol. The van der Waals surface area contributed by atoms with Crippen molar-refractivity contribution in [3.63, 3.8) is 0 Å². The summed E-state index contributed by atoms with van der Waals surface area (Å²) in [7, 11) is 5.43. The van der Waals surface area contributed by atoms with Gasteiger partial charge in [0, 0.05) is 5.39 Å². The van der Waals surface area contributed by atoms with Gasteiger partial charge >= 0.3 is 0 Å². The van der Waals surface area contributed by atoms with Crippen molar-refractivity contribution >= 4 is 32.4 Å². The van der Waals surface area contributed by atoms with Crippen LogP contribution in [0.1, 0.15) is 0 Å². The van der Waals surface area contributed by atoms with E-state index in [1.165, 1.54) is 0 Å². The zero-order valence-electron chi connectivity index (χ0n) is 15.2. The van der Waals surface area contributed by atoms with Crippen molar-refractivity contribution in [2.24, 2.45) is 7.05 Å². The first kappa shape index (κ1) is 17.5. The van der Waals surface area contributed by atoms with Gasteiger partial charge in [-0.25, -0.2) is 0 Å². The summed E-state index contributed by atoms with van der Waals surface area (Å²) in [6.07, 6.45) is 2.11. The molecule has 138 valence electrons. The highest BCUT2D eigenvalue weighted by Crippen LogP contribution is 2.42. The van der Waals surface area contributed by atoms with Crippen LogP contribution in [-0.2, 0) is 7.05 Å². The summed E-state index contributed by atoms with van der Waals surface area (Å²) >= 11 is 0. The Morgan fingerprint density at radius 3 is 2.41 bits per heavy atom. The molecule has 0 atom stereocenters. The van der Waals surface area contributed by atoms with E-state index in [-0.39, 0.29) is 19.2 Å². The third-order valence-electron chi connectivity index (χ3n) is 5.00. The van der Waals surface area contributed by atoms with E-state index in [4.69, 9.17) is 18.9 Å².